The number of aliphatic hydroxyl groups excluding tert-OH is 1. The molecule has 0 aliphatic carbocycles. The van der Waals surface area contributed by atoms with Crippen LogP contribution in [0.25, 0.3) is 10.1 Å². The second-order valence-corrected chi connectivity index (χ2v) is 6.37. The van der Waals surface area contributed by atoms with Crippen molar-refractivity contribution in [3.05, 3.63) is 34.7 Å². The van der Waals surface area contributed by atoms with E-state index < -0.39 is 5.97 Å². The molecule has 1 heterocycles. The molecule has 2 aromatic rings. The third-order valence-electron chi connectivity index (χ3n) is 3.56. The van der Waals surface area contributed by atoms with Crippen molar-refractivity contribution in [3.8, 4) is 0 Å². The second kappa shape index (κ2) is 7.54. The van der Waals surface area contributed by atoms with Gasteiger partial charge >= 0.3 is 5.97 Å². The lowest BCUT2D eigenvalue weighted by Crippen LogP contribution is -2.17. The zero-order valence-corrected chi connectivity index (χ0v) is 12.9. The summed E-state index contributed by atoms with van der Waals surface area (Å²) >= 11 is 1.33. The third kappa shape index (κ3) is 4.03. The Hall–Kier alpha value is -1.43. The summed E-state index contributed by atoms with van der Waals surface area (Å²) in [6, 6.07) is 7.80. The predicted molar refractivity (Wildman–Crippen MR) is 86.0 cm³/mol. The van der Waals surface area contributed by atoms with Gasteiger partial charge in [0.1, 0.15) is 4.88 Å². The molecule has 5 heteroatoms. The number of carboxylic acid groups (broad SMARTS) is 1. The maximum atomic E-state index is 11.4. The predicted octanol–water partition coefficient (Wildman–Crippen LogP) is 3.10. The molecule has 1 aromatic heterocycles. The van der Waals surface area contributed by atoms with E-state index >= 15 is 0 Å². The highest BCUT2D eigenvalue weighted by Crippen LogP contribution is 2.31. The SMILES string of the molecule is CC(CO)CCCNCc1c(C(=O)O)sc2ccccc12. The number of aromatic carboxylic acids is 1. The minimum Gasteiger partial charge on any atom is -0.477 e. The van der Waals surface area contributed by atoms with Crippen molar-refractivity contribution in [2.45, 2.75) is 26.3 Å². The molecule has 0 amide bonds. The lowest BCUT2D eigenvalue weighted by atomic mass is 10.1. The van der Waals surface area contributed by atoms with Crippen LogP contribution in [0, 0.1) is 5.92 Å². The van der Waals surface area contributed by atoms with Gasteiger partial charge in [-0.3, -0.25) is 0 Å². The van der Waals surface area contributed by atoms with Gasteiger partial charge in [-0.15, -0.1) is 11.3 Å². The summed E-state index contributed by atoms with van der Waals surface area (Å²) in [5.41, 5.74) is 0.873. The summed E-state index contributed by atoms with van der Waals surface area (Å²) in [6.07, 6.45) is 1.95. The van der Waals surface area contributed by atoms with Crippen LogP contribution in [0.3, 0.4) is 0 Å². The number of carboxylic acids is 1. The van der Waals surface area contributed by atoms with Crippen molar-refractivity contribution < 1.29 is 15.0 Å². The van der Waals surface area contributed by atoms with Gasteiger partial charge in [0.2, 0.25) is 0 Å². The number of nitrogens with one attached hydrogen (secondary N) is 1. The van der Waals surface area contributed by atoms with Crippen molar-refractivity contribution in [1.82, 2.24) is 5.32 Å². The molecule has 114 valence electrons. The first kappa shape index (κ1) is 15.9. The van der Waals surface area contributed by atoms with Crippen LogP contribution in [0.2, 0.25) is 0 Å². The lowest BCUT2D eigenvalue weighted by molar-refractivity contribution is 0.0701. The highest BCUT2D eigenvalue weighted by atomic mass is 32.1. The molecule has 0 aliphatic rings. The summed E-state index contributed by atoms with van der Waals surface area (Å²) in [5, 5.41) is 22.6. The van der Waals surface area contributed by atoms with Gasteiger partial charge in [-0.1, -0.05) is 25.1 Å². The molecule has 1 aromatic carbocycles. The monoisotopic (exact) mass is 307 g/mol. The first-order chi connectivity index (χ1) is 10.1. The van der Waals surface area contributed by atoms with E-state index in [1.807, 2.05) is 31.2 Å². The topological polar surface area (TPSA) is 69.6 Å². The normalized spacial score (nSPS) is 12.7. The van der Waals surface area contributed by atoms with Crippen LogP contribution in [0.5, 0.6) is 0 Å². The minimum absolute atomic E-state index is 0.221. The van der Waals surface area contributed by atoms with Gasteiger partial charge in [-0.05, 0) is 42.3 Å². The first-order valence-electron chi connectivity index (χ1n) is 7.18. The van der Waals surface area contributed by atoms with E-state index in [1.165, 1.54) is 11.3 Å². The Balaban J connectivity index is 2.00. The van der Waals surface area contributed by atoms with E-state index in [4.69, 9.17) is 5.11 Å². The molecule has 0 saturated heterocycles. The maximum absolute atomic E-state index is 11.4. The largest absolute Gasteiger partial charge is 0.477 e. The summed E-state index contributed by atoms with van der Waals surface area (Å²) < 4.78 is 1.01. The van der Waals surface area contributed by atoms with E-state index in [-0.39, 0.29) is 6.61 Å². The molecule has 4 nitrogen and oxygen atoms in total. The summed E-state index contributed by atoms with van der Waals surface area (Å²) in [5.74, 6) is -0.537. The van der Waals surface area contributed by atoms with Crippen LogP contribution in [-0.2, 0) is 6.54 Å². The number of hydrogen-bond acceptors (Lipinski definition) is 4. The lowest BCUT2D eigenvalue weighted by Gasteiger charge is -2.08. The van der Waals surface area contributed by atoms with E-state index in [2.05, 4.69) is 5.32 Å². The average Bonchev–Trinajstić information content (AvgIpc) is 2.86. The van der Waals surface area contributed by atoms with E-state index in [9.17, 15) is 9.90 Å². The van der Waals surface area contributed by atoms with Crippen LogP contribution in [0.1, 0.15) is 35.0 Å². The average molecular weight is 307 g/mol. The molecule has 0 saturated carbocycles. The van der Waals surface area contributed by atoms with Crippen molar-refractivity contribution in [2.24, 2.45) is 5.92 Å². The molecule has 21 heavy (non-hydrogen) atoms. The van der Waals surface area contributed by atoms with E-state index in [1.54, 1.807) is 0 Å². The molecule has 0 fully saturated rings. The molecule has 0 spiro atoms. The third-order valence-corrected chi connectivity index (χ3v) is 4.76. The zero-order valence-electron chi connectivity index (χ0n) is 12.1. The fraction of sp³-hybridized carbons (Fsp3) is 0.438. The molecule has 0 aliphatic heterocycles. The van der Waals surface area contributed by atoms with E-state index in [0.29, 0.717) is 17.3 Å². The van der Waals surface area contributed by atoms with Crippen molar-refractivity contribution in [3.63, 3.8) is 0 Å². The van der Waals surface area contributed by atoms with Gasteiger partial charge < -0.3 is 15.5 Å². The van der Waals surface area contributed by atoms with Gasteiger partial charge in [0, 0.05) is 17.9 Å². The smallest absolute Gasteiger partial charge is 0.346 e. The van der Waals surface area contributed by atoms with E-state index in [0.717, 1.165) is 35.0 Å². The van der Waals surface area contributed by atoms with Gasteiger partial charge in [0.05, 0.1) is 0 Å². The first-order valence-corrected chi connectivity index (χ1v) is 8.00. The number of rotatable bonds is 8. The van der Waals surface area contributed by atoms with Gasteiger partial charge in [0.15, 0.2) is 0 Å². The summed E-state index contributed by atoms with van der Waals surface area (Å²) in [4.78, 5) is 11.8. The second-order valence-electron chi connectivity index (χ2n) is 5.32. The quantitative estimate of drug-likeness (QED) is 0.655. The maximum Gasteiger partial charge on any atom is 0.346 e. The fourth-order valence-corrected chi connectivity index (χ4v) is 3.39. The van der Waals surface area contributed by atoms with Crippen LogP contribution in [0.4, 0.5) is 0 Å². The van der Waals surface area contributed by atoms with Gasteiger partial charge in [0.25, 0.3) is 0 Å². The number of benzene rings is 1. The number of aliphatic hydroxyl groups is 1. The fourth-order valence-electron chi connectivity index (χ4n) is 2.33. The number of thiophene rings is 1. The zero-order chi connectivity index (χ0) is 15.2. The van der Waals surface area contributed by atoms with Crippen molar-refractivity contribution in [2.75, 3.05) is 13.2 Å². The number of carbonyl (C=O) groups is 1. The van der Waals surface area contributed by atoms with Crippen LogP contribution in [-0.4, -0.2) is 29.3 Å². The molecule has 3 N–H and O–H groups in total. The van der Waals surface area contributed by atoms with Crippen molar-refractivity contribution >= 4 is 27.4 Å². The van der Waals surface area contributed by atoms with Crippen molar-refractivity contribution in [1.29, 1.82) is 0 Å². The molecule has 1 atom stereocenters. The van der Waals surface area contributed by atoms with Crippen LogP contribution in [0.15, 0.2) is 24.3 Å². The molecule has 2 rings (SSSR count). The van der Waals surface area contributed by atoms with Gasteiger partial charge in [-0.2, -0.15) is 0 Å². The number of hydrogen-bond donors (Lipinski definition) is 3. The Kier molecular flexibility index (Phi) is 5.73. The summed E-state index contributed by atoms with van der Waals surface area (Å²) in [7, 11) is 0. The Labute approximate surface area is 128 Å². The molecular formula is C16H21NO3S. The summed E-state index contributed by atoms with van der Waals surface area (Å²) in [6.45, 7) is 3.64. The Morgan fingerprint density at radius 1 is 1.38 bits per heavy atom. The van der Waals surface area contributed by atoms with Crippen LogP contribution < -0.4 is 5.32 Å². The minimum atomic E-state index is -0.859. The molecular weight excluding hydrogens is 286 g/mol. The molecule has 1 unspecified atom stereocenters. The highest BCUT2D eigenvalue weighted by molar-refractivity contribution is 7.21. The Bertz CT molecular complexity index is 609. The number of fused-ring (bicyclic) bond motifs is 1. The Morgan fingerprint density at radius 2 is 2.14 bits per heavy atom. The molecule has 0 radical (unpaired) electrons. The Morgan fingerprint density at radius 3 is 2.86 bits per heavy atom. The molecule has 0 bridgehead atoms. The van der Waals surface area contributed by atoms with Gasteiger partial charge in [-0.25, -0.2) is 4.79 Å². The van der Waals surface area contributed by atoms with Crippen LogP contribution >= 0.6 is 11.3 Å². The highest BCUT2D eigenvalue weighted by Gasteiger charge is 2.16. The standard InChI is InChI=1S/C16H21NO3S/c1-11(10-18)5-4-8-17-9-13-12-6-2-3-7-14(12)21-15(13)16(19)20/h2-3,6-7,11,17-18H,4-5,8-10H2,1H3,(H,19,20).